The van der Waals surface area contributed by atoms with E-state index in [0.717, 1.165) is 88.4 Å². The van der Waals surface area contributed by atoms with Crippen molar-refractivity contribution in [2.75, 3.05) is 9.80 Å². The highest BCUT2D eigenvalue weighted by Gasteiger charge is 2.28. The topological polar surface area (TPSA) is 6.48 Å². The lowest BCUT2D eigenvalue weighted by atomic mass is 9.83. The van der Waals surface area contributed by atoms with Crippen LogP contribution in [0.2, 0.25) is 0 Å². The maximum atomic E-state index is 2.63. The first-order valence-electron chi connectivity index (χ1n) is 35.6. The molecular formula is C94H92N2. The van der Waals surface area contributed by atoms with E-state index in [1.165, 1.54) is 155 Å². The minimum atomic E-state index is 1.02. The molecule has 13 aromatic carbocycles. The largest absolute Gasteiger partial charge is 0.309 e. The third kappa shape index (κ3) is 13.6. The number of benzene rings is 13. The quantitative estimate of drug-likeness (QED) is 0.0439. The van der Waals surface area contributed by atoms with Crippen LogP contribution in [-0.4, -0.2) is 0 Å². The van der Waals surface area contributed by atoms with Crippen LogP contribution < -0.4 is 9.80 Å². The fourth-order valence-corrected chi connectivity index (χ4v) is 14.8. The molecule has 0 heterocycles. The summed E-state index contributed by atoms with van der Waals surface area (Å²) in [5.41, 5.74) is 28.0. The van der Waals surface area contributed by atoms with E-state index in [-0.39, 0.29) is 0 Å². The Morgan fingerprint density at radius 3 is 0.802 bits per heavy atom. The van der Waals surface area contributed by atoms with Gasteiger partial charge in [0.2, 0.25) is 0 Å². The number of fused-ring (bicyclic) bond motifs is 4. The molecule has 0 unspecified atom stereocenters. The van der Waals surface area contributed by atoms with Crippen molar-refractivity contribution in [1.29, 1.82) is 0 Å². The molecule has 0 atom stereocenters. The molecule has 0 aliphatic carbocycles. The molecule has 96 heavy (non-hydrogen) atoms. The van der Waals surface area contributed by atoms with Crippen LogP contribution in [0, 0.1) is 27.7 Å². The second kappa shape index (κ2) is 29.7. The van der Waals surface area contributed by atoms with Crippen LogP contribution in [0.5, 0.6) is 0 Å². The van der Waals surface area contributed by atoms with Gasteiger partial charge in [-0.15, -0.1) is 0 Å². The summed E-state index contributed by atoms with van der Waals surface area (Å²) < 4.78 is 0. The van der Waals surface area contributed by atoms with Gasteiger partial charge >= 0.3 is 0 Å². The first-order valence-corrected chi connectivity index (χ1v) is 35.6. The van der Waals surface area contributed by atoms with Gasteiger partial charge in [-0.25, -0.2) is 0 Å². The van der Waals surface area contributed by atoms with Crippen LogP contribution in [0.3, 0.4) is 0 Å². The first-order chi connectivity index (χ1) is 47.1. The smallest absolute Gasteiger partial charge is 0.0540 e. The van der Waals surface area contributed by atoms with Gasteiger partial charge in [-0.2, -0.15) is 0 Å². The summed E-state index contributed by atoms with van der Waals surface area (Å²) in [6, 6.07) is 92.7. The number of nitrogens with zero attached hydrogens (tertiary/aromatic N) is 2. The number of unbranched alkanes of at least 4 members (excludes halogenated alkanes) is 4. The number of hydrogen-bond donors (Lipinski definition) is 0. The van der Waals surface area contributed by atoms with Crippen molar-refractivity contribution < 1.29 is 0 Å². The Labute approximate surface area is 572 Å². The SMILES string of the molecule is CCCCc1cc(C)cc(CCCC)c1N(c1ccc(/C=C/c2ccc(C)cc2)cc1)c1ccc(-c2c3ccccc3c(-c3ccc(N(c4ccc(/C=C/c5ccc(C)cc5)cc4)c4c(CCCC)cc(C)cc4CCCC)c4ccccc34)c3ccccc23)c2ccccc12. The van der Waals surface area contributed by atoms with Crippen LogP contribution in [-0.2, 0) is 25.7 Å². The van der Waals surface area contributed by atoms with Gasteiger partial charge in [0.05, 0.1) is 22.7 Å². The maximum absolute atomic E-state index is 2.63. The van der Waals surface area contributed by atoms with E-state index in [4.69, 9.17) is 0 Å². The number of anilines is 6. The fraction of sp³-hybridized carbons (Fsp3) is 0.213. The fourth-order valence-electron chi connectivity index (χ4n) is 14.8. The number of hydrogen-bond acceptors (Lipinski definition) is 2. The summed E-state index contributed by atoms with van der Waals surface area (Å²) >= 11 is 0. The Hall–Kier alpha value is -10.0. The summed E-state index contributed by atoms with van der Waals surface area (Å²) in [5, 5.41) is 9.88. The zero-order valence-electron chi connectivity index (χ0n) is 57.8. The van der Waals surface area contributed by atoms with Crippen molar-refractivity contribution in [3.05, 3.63) is 309 Å². The summed E-state index contributed by atoms with van der Waals surface area (Å²) in [6.45, 7) is 18.1. The monoisotopic (exact) mass is 1250 g/mol. The minimum absolute atomic E-state index is 1.02. The summed E-state index contributed by atoms with van der Waals surface area (Å²) in [5.74, 6) is 0. The molecular weight excluding hydrogens is 1160 g/mol. The van der Waals surface area contributed by atoms with E-state index in [0.29, 0.717) is 0 Å². The van der Waals surface area contributed by atoms with Crippen molar-refractivity contribution in [2.24, 2.45) is 0 Å². The molecule has 13 aromatic rings. The van der Waals surface area contributed by atoms with E-state index in [2.05, 4.69) is 332 Å². The van der Waals surface area contributed by atoms with Crippen LogP contribution >= 0.6 is 0 Å². The van der Waals surface area contributed by atoms with Gasteiger partial charge < -0.3 is 9.80 Å². The number of rotatable bonds is 24. The minimum Gasteiger partial charge on any atom is -0.309 e. The van der Waals surface area contributed by atoms with Gasteiger partial charge in [0.25, 0.3) is 0 Å². The van der Waals surface area contributed by atoms with Crippen LogP contribution in [0.1, 0.15) is 146 Å². The molecule has 0 N–H and O–H groups in total. The zero-order valence-corrected chi connectivity index (χ0v) is 57.8. The Morgan fingerprint density at radius 1 is 0.260 bits per heavy atom. The molecule has 0 spiro atoms. The summed E-state index contributed by atoms with van der Waals surface area (Å²) in [6.07, 6.45) is 22.1. The second-order valence-corrected chi connectivity index (χ2v) is 26.8. The van der Waals surface area contributed by atoms with Gasteiger partial charge in [0.15, 0.2) is 0 Å². The molecule has 0 fully saturated rings. The Bertz CT molecular complexity index is 4520. The van der Waals surface area contributed by atoms with E-state index in [1.54, 1.807) is 0 Å². The van der Waals surface area contributed by atoms with Crippen molar-refractivity contribution in [3.8, 4) is 22.3 Å². The average Bonchev–Trinajstić information content (AvgIpc) is 1.53. The molecule has 0 aliphatic rings. The Kier molecular flexibility index (Phi) is 20.0. The lowest BCUT2D eigenvalue weighted by molar-refractivity contribution is 0.779. The van der Waals surface area contributed by atoms with Gasteiger partial charge in [0, 0.05) is 22.1 Å². The van der Waals surface area contributed by atoms with Gasteiger partial charge in [-0.05, 0) is 215 Å². The summed E-state index contributed by atoms with van der Waals surface area (Å²) in [7, 11) is 0. The predicted octanol–water partition coefficient (Wildman–Crippen LogP) is 27.5. The highest BCUT2D eigenvalue weighted by molar-refractivity contribution is 6.26. The van der Waals surface area contributed by atoms with Crippen molar-refractivity contribution >= 4 is 102 Å². The molecule has 478 valence electrons. The maximum Gasteiger partial charge on any atom is 0.0540 e. The van der Waals surface area contributed by atoms with E-state index >= 15 is 0 Å². The summed E-state index contributed by atoms with van der Waals surface area (Å²) in [4.78, 5) is 5.25. The standard InChI is InChI=1S/C94H92N2/c1-9-13-25-73-61-67(7)62-74(26-14-10-2)93(73)95(77-53-49-71(50-54-77)47-45-69-41-37-65(5)38-42-69)89-59-57-87(79-29-17-19-31-81(79)89)91-83-33-21-23-35-85(83)92(86-36-24-22-34-84(86)91)88-58-60-90(82-32-20-18-30-80(82)88)96(94-75(27-15-11-3)63-68(8)64-76(94)28-16-12-4)78-55-51-72(52-56-78)48-46-70-43-39-66(6)40-44-70/h17-24,29-64H,9-16,25-28H2,1-8H3/b47-45+,48-46+. The van der Waals surface area contributed by atoms with E-state index < -0.39 is 0 Å². The van der Waals surface area contributed by atoms with Crippen molar-refractivity contribution in [2.45, 2.75) is 132 Å². The third-order valence-corrected chi connectivity index (χ3v) is 19.6. The number of aryl methyl sites for hydroxylation is 8. The molecule has 0 saturated heterocycles. The predicted molar refractivity (Wildman–Crippen MR) is 421 cm³/mol. The molecule has 0 bridgehead atoms. The molecule has 0 aromatic heterocycles. The van der Waals surface area contributed by atoms with Crippen molar-refractivity contribution in [3.63, 3.8) is 0 Å². The third-order valence-electron chi connectivity index (χ3n) is 19.6. The van der Waals surface area contributed by atoms with Crippen LogP contribution in [0.15, 0.2) is 243 Å². The first kappa shape index (κ1) is 64.7. The molecule has 2 heteroatoms. The van der Waals surface area contributed by atoms with Gasteiger partial charge in [-0.3, -0.25) is 0 Å². The Balaban J connectivity index is 0.991. The second-order valence-electron chi connectivity index (χ2n) is 26.8. The molecule has 0 saturated carbocycles. The Morgan fingerprint density at radius 2 is 0.521 bits per heavy atom. The van der Waals surface area contributed by atoms with E-state index in [9.17, 15) is 0 Å². The van der Waals surface area contributed by atoms with Gasteiger partial charge in [-0.1, -0.05) is 306 Å². The van der Waals surface area contributed by atoms with Crippen molar-refractivity contribution in [1.82, 2.24) is 0 Å². The molecule has 0 radical (unpaired) electrons. The van der Waals surface area contributed by atoms with Crippen LogP contribution in [0.25, 0.3) is 89.6 Å². The van der Waals surface area contributed by atoms with E-state index in [1.807, 2.05) is 0 Å². The van der Waals surface area contributed by atoms with Gasteiger partial charge in [0.1, 0.15) is 0 Å². The highest BCUT2D eigenvalue weighted by atomic mass is 15.2. The lowest BCUT2D eigenvalue weighted by Crippen LogP contribution is -2.16. The lowest BCUT2D eigenvalue weighted by Gasteiger charge is -2.32. The molecule has 2 nitrogen and oxygen atoms in total. The zero-order chi connectivity index (χ0) is 66.1. The molecule has 0 amide bonds. The van der Waals surface area contributed by atoms with Crippen LogP contribution in [0.4, 0.5) is 34.1 Å². The normalized spacial score (nSPS) is 11.8. The molecule has 0 aliphatic heterocycles. The highest BCUT2D eigenvalue weighted by Crippen LogP contribution is 2.52. The average molecular weight is 1250 g/mol. The molecule has 13 rings (SSSR count).